The topological polar surface area (TPSA) is 104 Å². The van der Waals surface area contributed by atoms with Crippen LogP contribution >= 0.6 is 11.3 Å². The first-order valence-electron chi connectivity index (χ1n) is 5.87. The number of nitrogens with zero attached hydrogens (tertiary/aromatic N) is 1. The zero-order valence-corrected chi connectivity index (χ0v) is 11.3. The lowest BCUT2D eigenvalue weighted by Gasteiger charge is -2.04. The number of hydrogen-bond acceptors (Lipinski definition) is 5. The first kappa shape index (κ1) is 14.1. The molecule has 0 bridgehead atoms. The Balaban J connectivity index is 1.77. The van der Waals surface area contributed by atoms with Gasteiger partial charge in [-0.05, 0) is 11.4 Å². The highest BCUT2D eigenvalue weighted by molar-refractivity contribution is 7.13. The standard InChI is InChI=1S/C12H13N3O4S/c16-10(17)3-4-13-12(18)14-6-8-7-19-11(15-8)9-2-1-5-20-9/h1-2,5,7H,3-4,6H2,(H,16,17)(H2,13,14,18). The van der Waals surface area contributed by atoms with Gasteiger partial charge in [0.1, 0.15) is 6.26 Å². The van der Waals surface area contributed by atoms with Gasteiger partial charge < -0.3 is 20.2 Å². The van der Waals surface area contributed by atoms with Gasteiger partial charge in [0.25, 0.3) is 0 Å². The van der Waals surface area contributed by atoms with Gasteiger partial charge in [-0.3, -0.25) is 4.79 Å². The van der Waals surface area contributed by atoms with Gasteiger partial charge in [0, 0.05) is 6.54 Å². The van der Waals surface area contributed by atoms with Crippen LogP contribution in [-0.2, 0) is 11.3 Å². The zero-order valence-electron chi connectivity index (χ0n) is 10.5. The summed E-state index contributed by atoms with van der Waals surface area (Å²) < 4.78 is 5.30. The van der Waals surface area contributed by atoms with Crippen LogP contribution in [0.4, 0.5) is 4.79 Å². The van der Waals surface area contributed by atoms with Gasteiger partial charge in [0.05, 0.1) is 23.5 Å². The van der Waals surface area contributed by atoms with Crippen molar-refractivity contribution in [3.8, 4) is 10.8 Å². The Morgan fingerprint density at radius 3 is 2.95 bits per heavy atom. The maximum Gasteiger partial charge on any atom is 0.315 e. The highest BCUT2D eigenvalue weighted by Crippen LogP contribution is 2.23. The molecule has 2 aromatic heterocycles. The van der Waals surface area contributed by atoms with Crippen molar-refractivity contribution in [3.05, 3.63) is 29.5 Å². The lowest BCUT2D eigenvalue weighted by Crippen LogP contribution is -2.36. The van der Waals surface area contributed by atoms with Crippen molar-refractivity contribution >= 4 is 23.3 Å². The molecule has 2 aromatic rings. The number of thiophene rings is 1. The predicted octanol–water partition coefficient (Wildman–Crippen LogP) is 1.68. The number of amides is 2. The van der Waals surface area contributed by atoms with E-state index in [0.29, 0.717) is 11.6 Å². The van der Waals surface area contributed by atoms with Crippen LogP contribution in [0.15, 0.2) is 28.2 Å². The minimum atomic E-state index is -0.956. The van der Waals surface area contributed by atoms with Crippen LogP contribution in [0.3, 0.4) is 0 Å². The van der Waals surface area contributed by atoms with Crippen LogP contribution in [-0.4, -0.2) is 28.6 Å². The maximum absolute atomic E-state index is 11.4. The van der Waals surface area contributed by atoms with Crippen molar-refractivity contribution < 1.29 is 19.1 Å². The molecule has 0 spiro atoms. The van der Waals surface area contributed by atoms with E-state index < -0.39 is 12.0 Å². The van der Waals surface area contributed by atoms with Crippen LogP contribution in [0.5, 0.6) is 0 Å². The van der Waals surface area contributed by atoms with E-state index in [9.17, 15) is 9.59 Å². The maximum atomic E-state index is 11.4. The number of carboxylic acids is 1. The Labute approximate surface area is 118 Å². The Morgan fingerprint density at radius 2 is 2.25 bits per heavy atom. The normalized spacial score (nSPS) is 10.2. The fraction of sp³-hybridized carbons (Fsp3) is 0.250. The van der Waals surface area contributed by atoms with E-state index in [4.69, 9.17) is 9.52 Å². The van der Waals surface area contributed by atoms with Gasteiger partial charge >= 0.3 is 12.0 Å². The van der Waals surface area contributed by atoms with Crippen molar-refractivity contribution in [2.75, 3.05) is 6.54 Å². The average Bonchev–Trinajstić information content (AvgIpc) is 3.06. The number of carboxylic acid groups (broad SMARTS) is 1. The second-order valence-corrected chi connectivity index (χ2v) is 4.82. The molecule has 0 aromatic carbocycles. The van der Waals surface area contributed by atoms with E-state index in [0.717, 1.165) is 4.88 Å². The first-order chi connectivity index (χ1) is 9.65. The number of carbonyl (C=O) groups excluding carboxylic acids is 1. The summed E-state index contributed by atoms with van der Waals surface area (Å²) in [6.07, 6.45) is 1.37. The molecule has 0 atom stereocenters. The van der Waals surface area contributed by atoms with E-state index in [2.05, 4.69) is 15.6 Å². The number of urea groups is 1. The van der Waals surface area contributed by atoms with Crippen molar-refractivity contribution in [2.24, 2.45) is 0 Å². The molecular formula is C12H13N3O4S. The van der Waals surface area contributed by atoms with E-state index in [1.165, 1.54) is 17.6 Å². The van der Waals surface area contributed by atoms with Crippen LogP contribution in [0.1, 0.15) is 12.1 Å². The van der Waals surface area contributed by atoms with Crippen LogP contribution in [0, 0.1) is 0 Å². The number of aliphatic carboxylic acids is 1. The van der Waals surface area contributed by atoms with Gasteiger partial charge in [0.15, 0.2) is 0 Å². The Morgan fingerprint density at radius 1 is 1.40 bits per heavy atom. The molecule has 3 N–H and O–H groups in total. The molecule has 20 heavy (non-hydrogen) atoms. The molecule has 0 aliphatic rings. The highest BCUT2D eigenvalue weighted by Gasteiger charge is 2.08. The largest absolute Gasteiger partial charge is 0.481 e. The van der Waals surface area contributed by atoms with Gasteiger partial charge in [0.2, 0.25) is 5.89 Å². The minimum absolute atomic E-state index is 0.0838. The van der Waals surface area contributed by atoms with Crippen molar-refractivity contribution in [1.29, 1.82) is 0 Å². The minimum Gasteiger partial charge on any atom is -0.481 e. The molecule has 2 rings (SSSR count). The van der Waals surface area contributed by atoms with Gasteiger partial charge in [-0.2, -0.15) is 0 Å². The smallest absolute Gasteiger partial charge is 0.315 e. The molecule has 2 heterocycles. The molecule has 106 valence electrons. The number of nitrogens with one attached hydrogen (secondary N) is 2. The van der Waals surface area contributed by atoms with E-state index >= 15 is 0 Å². The summed E-state index contributed by atoms with van der Waals surface area (Å²) in [4.78, 5) is 26.8. The van der Waals surface area contributed by atoms with Crippen LogP contribution < -0.4 is 10.6 Å². The Bertz CT molecular complexity index is 579. The summed E-state index contributed by atoms with van der Waals surface area (Å²) in [5.74, 6) is -0.439. The lowest BCUT2D eigenvalue weighted by molar-refractivity contribution is -0.136. The fourth-order valence-electron chi connectivity index (χ4n) is 1.42. The highest BCUT2D eigenvalue weighted by atomic mass is 32.1. The number of rotatable bonds is 6. The third kappa shape index (κ3) is 4.09. The lowest BCUT2D eigenvalue weighted by atomic mass is 10.4. The molecule has 2 amide bonds. The molecule has 0 radical (unpaired) electrons. The Hall–Kier alpha value is -2.35. The van der Waals surface area contributed by atoms with E-state index in [-0.39, 0.29) is 19.5 Å². The molecule has 0 aliphatic heterocycles. The van der Waals surface area contributed by atoms with Gasteiger partial charge in [-0.1, -0.05) is 6.07 Å². The third-order valence-corrected chi connectivity index (χ3v) is 3.20. The summed E-state index contributed by atoms with van der Waals surface area (Å²) in [7, 11) is 0. The second-order valence-electron chi connectivity index (χ2n) is 3.87. The molecular weight excluding hydrogens is 282 g/mol. The monoisotopic (exact) mass is 295 g/mol. The van der Waals surface area contributed by atoms with E-state index in [1.54, 1.807) is 0 Å². The van der Waals surface area contributed by atoms with Crippen molar-refractivity contribution in [3.63, 3.8) is 0 Å². The fourth-order valence-corrected chi connectivity index (χ4v) is 2.07. The van der Waals surface area contributed by atoms with E-state index in [1.807, 2.05) is 17.5 Å². The summed E-state index contributed by atoms with van der Waals surface area (Å²) in [5, 5.41) is 15.4. The summed E-state index contributed by atoms with van der Waals surface area (Å²) >= 11 is 1.52. The summed E-state index contributed by atoms with van der Waals surface area (Å²) in [6.45, 7) is 0.300. The molecule has 0 saturated heterocycles. The van der Waals surface area contributed by atoms with Crippen LogP contribution in [0.2, 0.25) is 0 Å². The average molecular weight is 295 g/mol. The number of carbonyl (C=O) groups is 2. The molecule has 0 aliphatic carbocycles. The van der Waals surface area contributed by atoms with Gasteiger partial charge in [-0.15, -0.1) is 11.3 Å². The molecule has 8 heteroatoms. The SMILES string of the molecule is O=C(O)CCNC(=O)NCc1coc(-c2cccs2)n1. The second kappa shape index (κ2) is 6.71. The first-order valence-corrected chi connectivity index (χ1v) is 6.75. The summed E-state index contributed by atoms with van der Waals surface area (Å²) in [5.41, 5.74) is 0.599. The number of aromatic nitrogens is 1. The molecule has 0 fully saturated rings. The Kier molecular flexibility index (Phi) is 4.72. The van der Waals surface area contributed by atoms with Gasteiger partial charge in [-0.25, -0.2) is 9.78 Å². The number of hydrogen-bond donors (Lipinski definition) is 3. The number of oxazole rings is 1. The van der Waals surface area contributed by atoms with Crippen LogP contribution in [0.25, 0.3) is 10.8 Å². The quantitative estimate of drug-likeness (QED) is 0.752. The molecule has 7 nitrogen and oxygen atoms in total. The van der Waals surface area contributed by atoms with Crippen molar-refractivity contribution in [2.45, 2.75) is 13.0 Å². The third-order valence-electron chi connectivity index (χ3n) is 2.34. The van der Waals surface area contributed by atoms with Crippen molar-refractivity contribution in [1.82, 2.24) is 15.6 Å². The molecule has 0 saturated carbocycles. The molecule has 0 unspecified atom stereocenters. The summed E-state index contributed by atoms with van der Waals surface area (Å²) in [6, 6.07) is 3.36. The predicted molar refractivity (Wildman–Crippen MR) is 72.3 cm³/mol. The zero-order chi connectivity index (χ0) is 14.4.